The minimum atomic E-state index is -1.14. The third-order valence-corrected chi connectivity index (χ3v) is 6.00. The SMILES string of the molecule is CCOc1cc(/C=C2/SC(=O)N(CC(=O)N3CCOCC3)C2=O)cc(Br)c1OCC(=O)O. The highest BCUT2D eigenvalue weighted by atomic mass is 79.9. The fourth-order valence-electron chi connectivity index (χ4n) is 3.04. The molecule has 0 radical (unpaired) electrons. The lowest BCUT2D eigenvalue weighted by Gasteiger charge is -2.28. The van der Waals surface area contributed by atoms with Gasteiger partial charge in [0.1, 0.15) is 6.54 Å². The Kier molecular flexibility index (Phi) is 8.15. The summed E-state index contributed by atoms with van der Waals surface area (Å²) in [6.45, 7) is 2.90. The largest absolute Gasteiger partial charge is 0.490 e. The predicted octanol–water partition coefficient (Wildman–Crippen LogP) is 2.21. The van der Waals surface area contributed by atoms with Gasteiger partial charge in [-0.25, -0.2) is 4.79 Å². The number of imide groups is 1. The molecular weight excluding hydrogens is 508 g/mol. The molecule has 10 nitrogen and oxygen atoms in total. The number of benzene rings is 1. The Hall–Kier alpha value is -2.57. The maximum atomic E-state index is 12.8. The number of morpholine rings is 1. The monoisotopic (exact) mass is 528 g/mol. The number of carboxylic acid groups (broad SMARTS) is 1. The molecule has 1 N–H and O–H groups in total. The minimum absolute atomic E-state index is 0.165. The Morgan fingerprint density at radius 2 is 1.97 bits per heavy atom. The van der Waals surface area contributed by atoms with Crippen LogP contribution in [-0.4, -0.2) is 84.0 Å². The number of carboxylic acids is 1. The Labute approximate surface area is 196 Å². The maximum absolute atomic E-state index is 12.8. The van der Waals surface area contributed by atoms with Gasteiger partial charge in [0, 0.05) is 13.1 Å². The quantitative estimate of drug-likeness (QED) is 0.505. The van der Waals surface area contributed by atoms with E-state index >= 15 is 0 Å². The van der Waals surface area contributed by atoms with Crippen LogP contribution in [0.2, 0.25) is 0 Å². The van der Waals surface area contributed by atoms with Crippen LogP contribution in [0, 0.1) is 0 Å². The summed E-state index contributed by atoms with van der Waals surface area (Å²) in [7, 11) is 0. The van der Waals surface area contributed by atoms with E-state index in [1.165, 1.54) is 6.08 Å². The molecule has 172 valence electrons. The van der Waals surface area contributed by atoms with E-state index < -0.39 is 23.7 Å². The van der Waals surface area contributed by atoms with Gasteiger partial charge in [-0.3, -0.25) is 19.3 Å². The first-order chi connectivity index (χ1) is 15.3. The number of thioether (sulfide) groups is 1. The second kappa shape index (κ2) is 10.8. The van der Waals surface area contributed by atoms with Gasteiger partial charge in [-0.15, -0.1) is 0 Å². The van der Waals surface area contributed by atoms with Crippen molar-refractivity contribution >= 4 is 56.8 Å². The van der Waals surface area contributed by atoms with Crippen molar-refractivity contribution in [3.8, 4) is 11.5 Å². The van der Waals surface area contributed by atoms with Crippen LogP contribution in [0.5, 0.6) is 11.5 Å². The van der Waals surface area contributed by atoms with Gasteiger partial charge in [0.15, 0.2) is 18.1 Å². The van der Waals surface area contributed by atoms with Gasteiger partial charge in [-0.05, 0) is 58.4 Å². The highest BCUT2D eigenvalue weighted by molar-refractivity contribution is 9.10. The van der Waals surface area contributed by atoms with Crippen molar-refractivity contribution in [1.82, 2.24) is 9.80 Å². The fourth-order valence-corrected chi connectivity index (χ4v) is 4.46. The molecule has 0 aliphatic carbocycles. The fraction of sp³-hybridized carbons (Fsp3) is 0.400. The minimum Gasteiger partial charge on any atom is -0.490 e. The molecule has 2 aliphatic rings. The first kappa shape index (κ1) is 24.1. The maximum Gasteiger partial charge on any atom is 0.341 e. The predicted molar refractivity (Wildman–Crippen MR) is 119 cm³/mol. The normalized spacial score (nSPS) is 17.8. The first-order valence-electron chi connectivity index (χ1n) is 9.72. The third kappa shape index (κ3) is 5.81. The van der Waals surface area contributed by atoms with E-state index in [0.29, 0.717) is 42.9 Å². The van der Waals surface area contributed by atoms with Gasteiger partial charge in [0.05, 0.1) is 29.2 Å². The number of halogens is 1. The van der Waals surface area contributed by atoms with Crippen molar-refractivity contribution in [2.75, 3.05) is 46.1 Å². The second-order valence-corrected chi connectivity index (χ2v) is 8.55. The van der Waals surface area contributed by atoms with Gasteiger partial charge in [-0.2, -0.15) is 0 Å². The molecule has 0 spiro atoms. The van der Waals surface area contributed by atoms with E-state index in [1.807, 2.05) is 0 Å². The molecular formula is C20H21BrN2O8S. The van der Waals surface area contributed by atoms with Crippen LogP contribution in [0.3, 0.4) is 0 Å². The van der Waals surface area contributed by atoms with Crippen molar-refractivity contribution in [3.05, 3.63) is 27.1 Å². The number of nitrogens with zero attached hydrogens (tertiary/aromatic N) is 2. The Morgan fingerprint density at radius 1 is 1.25 bits per heavy atom. The molecule has 0 aromatic heterocycles. The lowest BCUT2D eigenvalue weighted by molar-refractivity contribution is -0.139. The van der Waals surface area contributed by atoms with Crippen LogP contribution < -0.4 is 9.47 Å². The van der Waals surface area contributed by atoms with Crippen LogP contribution in [0.15, 0.2) is 21.5 Å². The molecule has 2 fully saturated rings. The molecule has 32 heavy (non-hydrogen) atoms. The van der Waals surface area contributed by atoms with E-state index in [4.69, 9.17) is 19.3 Å². The number of rotatable bonds is 8. The van der Waals surface area contributed by atoms with Crippen molar-refractivity contribution in [1.29, 1.82) is 0 Å². The number of aliphatic carboxylic acids is 1. The summed E-state index contributed by atoms with van der Waals surface area (Å²) in [5.74, 6) is -1.49. The van der Waals surface area contributed by atoms with Crippen molar-refractivity contribution < 1.29 is 38.5 Å². The van der Waals surface area contributed by atoms with Gasteiger partial charge in [0.2, 0.25) is 5.91 Å². The van der Waals surface area contributed by atoms with E-state index in [9.17, 15) is 19.2 Å². The highest BCUT2D eigenvalue weighted by Gasteiger charge is 2.37. The molecule has 2 heterocycles. The van der Waals surface area contributed by atoms with Crippen LogP contribution in [0.4, 0.5) is 4.79 Å². The zero-order valence-corrected chi connectivity index (χ0v) is 19.6. The molecule has 1 aromatic carbocycles. The number of carbonyl (C=O) groups excluding carboxylic acids is 3. The van der Waals surface area contributed by atoms with Crippen molar-refractivity contribution in [2.24, 2.45) is 0 Å². The van der Waals surface area contributed by atoms with Crippen LogP contribution >= 0.6 is 27.7 Å². The molecule has 1 aromatic rings. The summed E-state index contributed by atoms with van der Waals surface area (Å²) in [4.78, 5) is 51.1. The van der Waals surface area contributed by atoms with Crippen molar-refractivity contribution in [2.45, 2.75) is 6.92 Å². The standard InChI is InChI=1S/C20H21BrN2O8S/c1-2-30-14-8-12(7-13(21)18(14)31-11-17(25)26)9-15-19(27)23(20(28)32-15)10-16(24)22-3-5-29-6-4-22/h7-9H,2-6,10-11H2,1H3,(H,25,26)/b15-9+. The van der Waals surface area contributed by atoms with Crippen molar-refractivity contribution in [3.63, 3.8) is 0 Å². The summed E-state index contributed by atoms with van der Waals surface area (Å²) >= 11 is 4.07. The number of amides is 3. The average Bonchev–Trinajstić information content (AvgIpc) is 3.01. The highest BCUT2D eigenvalue weighted by Crippen LogP contribution is 2.39. The zero-order chi connectivity index (χ0) is 23.3. The number of hydrogen-bond donors (Lipinski definition) is 1. The van der Waals surface area contributed by atoms with Crippen LogP contribution in [0.25, 0.3) is 6.08 Å². The van der Waals surface area contributed by atoms with Crippen LogP contribution in [-0.2, 0) is 19.1 Å². The number of ether oxygens (including phenoxy) is 3. The van der Waals surface area contributed by atoms with Gasteiger partial charge in [-0.1, -0.05) is 0 Å². The summed E-state index contributed by atoms with van der Waals surface area (Å²) in [6, 6.07) is 3.20. The number of hydrogen-bond acceptors (Lipinski definition) is 8. The van der Waals surface area contributed by atoms with E-state index in [1.54, 1.807) is 24.0 Å². The Bertz CT molecular complexity index is 961. The van der Waals surface area contributed by atoms with Gasteiger partial charge < -0.3 is 24.2 Å². The second-order valence-electron chi connectivity index (χ2n) is 6.71. The van der Waals surface area contributed by atoms with Crippen LogP contribution in [0.1, 0.15) is 12.5 Å². The topological polar surface area (TPSA) is 123 Å². The lowest BCUT2D eigenvalue weighted by Crippen LogP contribution is -2.46. The van der Waals surface area contributed by atoms with E-state index in [-0.39, 0.29) is 28.9 Å². The molecule has 0 bridgehead atoms. The van der Waals surface area contributed by atoms with Gasteiger partial charge in [0.25, 0.3) is 11.1 Å². The van der Waals surface area contributed by atoms with E-state index in [0.717, 1.165) is 16.7 Å². The Balaban J connectivity index is 1.78. The molecule has 2 saturated heterocycles. The number of carbonyl (C=O) groups is 4. The average molecular weight is 529 g/mol. The summed E-state index contributed by atoms with van der Waals surface area (Å²) in [5, 5.41) is 8.33. The summed E-state index contributed by atoms with van der Waals surface area (Å²) in [6.07, 6.45) is 1.51. The summed E-state index contributed by atoms with van der Waals surface area (Å²) < 4.78 is 16.5. The van der Waals surface area contributed by atoms with Gasteiger partial charge >= 0.3 is 5.97 Å². The summed E-state index contributed by atoms with van der Waals surface area (Å²) in [5.41, 5.74) is 0.535. The zero-order valence-electron chi connectivity index (χ0n) is 17.2. The van der Waals surface area contributed by atoms with E-state index in [2.05, 4.69) is 15.9 Å². The molecule has 0 saturated carbocycles. The first-order valence-corrected chi connectivity index (χ1v) is 11.3. The lowest BCUT2D eigenvalue weighted by atomic mass is 10.2. The molecule has 12 heteroatoms. The molecule has 0 unspecified atom stereocenters. The molecule has 0 atom stereocenters. The third-order valence-electron chi connectivity index (χ3n) is 4.50. The molecule has 3 amide bonds. The molecule has 3 rings (SSSR count). The Morgan fingerprint density at radius 3 is 2.62 bits per heavy atom. The molecule has 2 aliphatic heterocycles. The smallest absolute Gasteiger partial charge is 0.341 e.